The van der Waals surface area contributed by atoms with E-state index in [0.29, 0.717) is 0 Å². The molecular weight excluding hydrogens is 232 g/mol. The van der Waals surface area contributed by atoms with Gasteiger partial charge in [-0.25, -0.2) is 0 Å². The maximum absolute atomic E-state index is 4.76. The van der Waals surface area contributed by atoms with E-state index in [-0.39, 0.29) is 0 Å². The highest BCUT2D eigenvalue weighted by molar-refractivity contribution is 5.82. The number of hydrogen-bond acceptors (Lipinski definition) is 2. The predicted molar refractivity (Wildman–Crippen MR) is 81.6 cm³/mol. The lowest BCUT2D eigenvalue weighted by Crippen LogP contribution is -2.37. The zero-order chi connectivity index (χ0) is 12.9. The first kappa shape index (κ1) is 13.5. The Kier molecular flexibility index (Phi) is 4.79. The summed E-state index contributed by atoms with van der Waals surface area (Å²) in [6.45, 7) is 1.06. The third kappa shape index (κ3) is 3.73. The number of nitrogens with zero attached hydrogens (tertiary/aromatic N) is 1. The molecule has 108 valence electrons. The van der Waals surface area contributed by atoms with Crippen LogP contribution in [0.15, 0.2) is 4.99 Å². The molecule has 2 fully saturated rings. The average molecular weight is 262 g/mol. The van der Waals surface area contributed by atoms with Crippen molar-refractivity contribution < 1.29 is 0 Å². The van der Waals surface area contributed by atoms with Crippen LogP contribution in [0.25, 0.3) is 0 Å². The van der Waals surface area contributed by atoms with Gasteiger partial charge in [0.2, 0.25) is 0 Å². The van der Waals surface area contributed by atoms with E-state index in [1.165, 1.54) is 82.9 Å². The molecule has 1 N–H and O–H groups in total. The summed E-state index contributed by atoms with van der Waals surface area (Å²) in [6, 6.07) is 0.748. The predicted octanol–water partition coefficient (Wildman–Crippen LogP) is 4.30. The number of hydrogen-bond donors (Lipinski definition) is 1. The van der Waals surface area contributed by atoms with Gasteiger partial charge in [0.1, 0.15) is 0 Å². The highest BCUT2D eigenvalue weighted by atomic mass is 15.0. The normalized spacial score (nSPS) is 33.2. The molecule has 0 spiro atoms. The summed E-state index contributed by atoms with van der Waals surface area (Å²) in [6.07, 6.45) is 17.0. The summed E-state index contributed by atoms with van der Waals surface area (Å²) in [7, 11) is 0. The average Bonchev–Trinajstić information content (AvgIpc) is 3.00. The molecule has 3 aliphatic rings. The molecule has 0 unspecified atom stereocenters. The van der Waals surface area contributed by atoms with Crippen LogP contribution < -0.4 is 5.32 Å². The summed E-state index contributed by atoms with van der Waals surface area (Å²) < 4.78 is 0. The Labute approximate surface area is 118 Å². The Morgan fingerprint density at radius 1 is 0.895 bits per heavy atom. The van der Waals surface area contributed by atoms with Crippen LogP contribution in [0, 0.1) is 11.8 Å². The lowest BCUT2D eigenvalue weighted by molar-refractivity contribution is 0.339. The second kappa shape index (κ2) is 6.76. The molecule has 3 rings (SSSR count). The van der Waals surface area contributed by atoms with Crippen molar-refractivity contribution in [2.45, 2.75) is 83.1 Å². The smallest absolute Gasteiger partial charge is 0.0965 e. The van der Waals surface area contributed by atoms with Crippen molar-refractivity contribution in [3.05, 3.63) is 0 Å². The van der Waals surface area contributed by atoms with Gasteiger partial charge in [-0.2, -0.15) is 0 Å². The van der Waals surface area contributed by atoms with Crippen LogP contribution in [0.4, 0.5) is 0 Å². The van der Waals surface area contributed by atoms with Crippen molar-refractivity contribution in [2.75, 3.05) is 6.54 Å². The highest BCUT2D eigenvalue weighted by Crippen LogP contribution is 2.37. The summed E-state index contributed by atoms with van der Waals surface area (Å²) >= 11 is 0. The van der Waals surface area contributed by atoms with Crippen LogP contribution in [0.2, 0.25) is 0 Å². The highest BCUT2D eigenvalue weighted by Gasteiger charge is 2.30. The van der Waals surface area contributed by atoms with Gasteiger partial charge in [0.05, 0.1) is 5.84 Å². The quantitative estimate of drug-likeness (QED) is 0.806. The monoisotopic (exact) mass is 262 g/mol. The van der Waals surface area contributed by atoms with E-state index >= 15 is 0 Å². The van der Waals surface area contributed by atoms with Gasteiger partial charge in [-0.15, -0.1) is 0 Å². The van der Waals surface area contributed by atoms with Gasteiger partial charge in [0.15, 0.2) is 0 Å². The Hall–Kier alpha value is -0.530. The largest absolute Gasteiger partial charge is 0.371 e. The fourth-order valence-electron chi connectivity index (χ4n) is 4.39. The summed E-state index contributed by atoms with van der Waals surface area (Å²) in [5, 5.41) is 3.83. The van der Waals surface area contributed by atoms with Crippen LogP contribution in [0.5, 0.6) is 0 Å². The van der Waals surface area contributed by atoms with Crippen molar-refractivity contribution in [3.63, 3.8) is 0 Å². The van der Waals surface area contributed by atoms with Gasteiger partial charge < -0.3 is 5.32 Å². The molecule has 1 aliphatic heterocycles. The lowest BCUT2D eigenvalue weighted by atomic mass is 9.89. The molecule has 0 aromatic heterocycles. The number of rotatable bonds is 3. The molecule has 0 amide bonds. The second-order valence-corrected chi connectivity index (χ2v) is 6.97. The zero-order valence-electron chi connectivity index (χ0n) is 12.4. The van der Waals surface area contributed by atoms with Gasteiger partial charge in [-0.05, 0) is 43.9 Å². The van der Waals surface area contributed by atoms with Crippen molar-refractivity contribution in [1.82, 2.24) is 5.32 Å². The van der Waals surface area contributed by atoms with Crippen LogP contribution in [-0.2, 0) is 0 Å². The summed E-state index contributed by atoms with van der Waals surface area (Å²) in [4.78, 5) is 4.76. The Balaban J connectivity index is 1.51. The summed E-state index contributed by atoms with van der Waals surface area (Å²) in [5.41, 5.74) is 0. The van der Waals surface area contributed by atoms with E-state index < -0.39 is 0 Å². The number of amidine groups is 1. The molecule has 0 radical (unpaired) electrons. The molecule has 0 saturated heterocycles. The molecule has 0 bridgehead atoms. The molecule has 2 atom stereocenters. The second-order valence-electron chi connectivity index (χ2n) is 6.97. The van der Waals surface area contributed by atoms with E-state index in [4.69, 9.17) is 4.99 Å². The molecule has 0 aromatic rings. The van der Waals surface area contributed by atoms with Gasteiger partial charge >= 0.3 is 0 Å². The molecule has 2 heteroatoms. The molecule has 0 aromatic carbocycles. The van der Waals surface area contributed by atoms with Gasteiger partial charge in [0, 0.05) is 19.0 Å². The van der Waals surface area contributed by atoms with Crippen molar-refractivity contribution in [3.8, 4) is 0 Å². The van der Waals surface area contributed by atoms with Gasteiger partial charge in [-0.1, -0.05) is 38.5 Å². The topological polar surface area (TPSA) is 24.4 Å². The van der Waals surface area contributed by atoms with Crippen molar-refractivity contribution >= 4 is 5.84 Å². The van der Waals surface area contributed by atoms with Gasteiger partial charge in [0.25, 0.3) is 0 Å². The van der Waals surface area contributed by atoms with Crippen LogP contribution in [0.3, 0.4) is 0 Å². The fraction of sp³-hybridized carbons (Fsp3) is 0.941. The third-order valence-electron chi connectivity index (χ3n) is 5.50. The first-order valence-corrected chi connectivity index (χ1v) is 8.71. The molecule has 1 heterocycles. The van der Waals surface area contributed by atoms with E-state index in [0.717, 1.165) is 24.4 Å². The Bertz CT molecular complexity index is 304. The Morgan fingerprint density at radius 3 is 2.68 bits per heavy atom. The first-order valence-electron chi connectivity index (χ1n) is 8.71. The standard InChI is InChI=1S/C17H30N2/c1-2-11-17(18-12-5-1)19-16-10-6-9-15(16)13-14-7-3-4-8-14/h14-16H,1-13H2,(H,18,19)/t15-,16-/m0/s1. The first-order chi connectivity index (χ1) is 9.42. The van der Waals surface area contributed by atoms with E-state index in [1.807, 2.05) is 0 Å². The summed E-state index contributed by atoms with van der Waals surface area (Å²) in [5.74, 6) is 3.32. The van der Waals surface area contributed by atoms with Crippen LogP contribution in [0.1, 0.15) is 77.0 Å². The lowest BCUT2D eigenvalue weighted by Gasteiger charge is -2.25. The molecule has 2 nitrogen and oxygen atoms in total. The SMILES string of the molecule is C1CCN=C(N[C@H]2CCC[C@H]2CC2CCCC2)CC1. The maximum Gasteiger partial charge on any atom is 0.0965 e. The third-order valence-corrected chi connectivity index (χ3v) is 5.50. The fourth-order valence-corrected chi connectivity index (χ4v) is 4.39. The molecule has 2 saturated carbocycles. The number of nitrogens with one attached hydrogen (secondary N) is 1. The minimum absolute atomic E-state index is 0.748. The van der Waals surface area contributed by atoms with E-state index in [1.54, 1.807) is 0 Å². The number of aliphatic imine (C=N–C) groups is 1. The molecular formula is C17H30N2. The van der Waals surface area contributed by atoms with Crippen molar-refractivity contribution in [2.24, 2.45) is 16.8 Å². The van der Waals surface area contributed by atoms with Crippen molar-refractivity contribution in [1.29, 1.82) is 0 Å². The van der Waals surface area contributed by atoms with E-state index in [9.17, 15) is 0 Å². The van der Waals surface area contributed by atoms with E-state index in [2.05, 4.69) is 5.32 Å². The molecule has 19 heavy (non-hydrogen) atoms. The minimum Gasteiger partial charge on any atom is -0.371 e. The van der Waals surface area contributed by atoms with Crippen LogP contribution in [-0.4, -0.2) is 18.4 Å². The Morgan fingerprint density at radius 2 is 1.79 bits per heavy atom. The maximum atomic E-state index is 4.76. The zero-order valence-corrected chi connectivity index (χ0v) is 12.4. The van der Waals surface area contributed by atoms with Crippen LogP contribution >= 0.6 is 0 Å². The molecule has 2 aliphatic carbocycles. The van der Waals surface area contributed by atoms with Gasteiger partial charge in [-0.3, -0.25) is 4.99 Å². The minimum atomic E-state index is 0.748.